The third-order valence-electron chi connectivity index (χ3n) is 7.00. The molecule has 1 fully saturated rings. The molecule has 0 aliphatic carbocycles. The smallest absolute Gasteiger partial charge is 0.335 e. The number of carboxylic acids is 1. The van der Waals surface area contributed by atoms with Crippen molar-refractivity contribution in [2.75, 3.05) is 25.2 Å². The van der Waals surface area contributed by atoms with Crippen molar-refractivity contribution in [2.45, 2.75) is 25.9 Å². The van der Waals surface area contributed by atoms with Gasteiger partial charge in [-0.2, -0.15) is 0 Å². The molecule has 5 rings (SSSR count). The minimum atomic E-state index is -0.957. The summed E-state index contributed by atoms with van der Waals surface area (Å²) in [7, 11) is 1.62. The number of halogens is 1. The molecule has 0 radical (unpaired) electrons. The molecule has 8 nitrogen and oxygen atoms in total. The molecule has 1 saturated heterocycles. The largest absolute Gasteiger partial charge is 0.490 e. The fourth-order valence-electron chi connectivity index (χ4n) is 5.18. The second kappa shape index (κ2) is 11.7. The lowest BCUT2D eigenvalue weighted by atomic mass is 9.96. The number of carbonyl (C=O) groups is 1. The summed E-state index contributed by atoms with van der Waals surface area (Å²) in [6, 6.07) is 20.0. The zero-order valence-electron chi connectivity index (χ0n) is 22.3. The number of carboxylic acid groups (broad SMARTS) is 1. The monoisotopic (exact) mass is 576 g/mol. The molecule has 1 aliphatic rings. The van der Waals surface area contributed by atoms with Crippen LogP contribution in [0.2, 0.25) is 5.02 Å². The van der Waals surface area contributed by atoms with Crippen LogP contribution in [0.3, 0.4) is 0 Å². The van der Waals surface area contributed by atoms with Gasteiger partial charge in [0, 0.05) is 36.1 Å². The van der Waals surface area contributed by atoms with Crippen LogP contribution in [0.4, 0.5) is 5.69 Å². The van der Waals surface area contributed by atoms with E-state index in [2.05, 4.69) is 32.8 Å². The van der Waals surface area contributed by atoms with Crippen molar-refractivity contribution < 1.29 is 19.4 Å². The van der Waals surface area contributed by atoms with Gasteiger partial charge in [-0.3, -0.25) is 4.98 Å². The number of aromatic nitrogens is 2. The number of nitrogens with zero attached hydrogens (tertiary/aromatic N) is 3. The molecule has 206 valence electrons. The lowest BCUT2D eigenvalue weighted by Crippen LogP contribution is -2.29. The highest BCUT2D eigenvalue weighted by molar-refractivity contribution is 7.80. The second-order valence-corrected chi connectivity index (χ2v) is 10.3. The van der Waals surface area contributed by atoms with Crippen molar-refractivity contribution in [1.29, 1.82) is 0 Å². The molecule has 4 aromatic rings. The standard InChI is InChI=1S/C30H29ClN4O4S/c1-18-16-23(19(2)34(18)21-9-7-20(8-10-21)29(36)37)28-27(25-6-4-5-13-32-25)33-30(40)35(28)22-11-12-26(24(31)17-22)39-15-14-38-3/h4-13,16-17,27-28H,14-15H2,1-3H3,(H,33,40)(H,36,37)/t27-,28-/m0/s1. The summed E-state index contributed by atoms with van der Waals surface area (Å²) in [6.07, 6.45) is 1.77. The molecule has 1 aliphatic heterocycles. The number of ether oxygens (including phenoxy) is 2. The van der Waals surface area contributed by atoms with Crippen LogP contribution >= 0.6 is 23.8 Å². The number of hydrogen-bond donors (Lipinski definition) is 2. The van der Waals surface area contributed by atoms with Crippen molar-refractivity contribution in [3.8, 4) is 11.4 Å². The van der Waals surface area contributed by atoms with Crippen molar-refractivity contribution in [3.05, 3.63) is 106 Å². The zero-order valence-corrected chi connectivity index (χ0v) is 23.9. The SMILES string of the molecule is COCCOc1ccc(N2C(=S)N[C@@H](c3ccccn3)[C@@H]2c2cc(C)n(-c3ccc(C(=O)O)cc3)c2C)cc1Cl. The molecule has 0 unspecified atom stereocenters. The van der Waals surface area contributed by atoms with Crippen LogP contribution in [0.1, 0.15) is 45.1 Å². The van der Waals surface area contributed by atoms with E-state index < -0.39 is 5.97 Å². The maximum absolute atomic E-state index is 11.4. The van der Waals surface area contributed by atoms with E-state index in [-0.39, 0.29) is 17.6 Å². The van der Waals surface area contributed by atoms with Gasteiger partial charge in [-0.25, -0.2) is 4.79 Å². The molecule has 0 amide bonds. The van der Waals surface area contributed by atoms with Gasteiger partial charge in [-0.15, -0.1) is 0 Å². The number of aryl methyl sites for hydroxylation is 1. The van der Waals surface area contributed by atoms with Crippen LogP contribution in [0, 0.1) is 13.8 Å². The number of thiocarbonyl (C=S) groups is 1. The Morgan fingerprint density at radius 2 is 1.82 bits per heavy atom. The van der Waals surface area contributed by atoms with Gasteiger partial charge in [0.25, 0.3) is 0 Å². The summed E-state index contributed by atoms with van der Waals surface area (Å²) < 4.78 is 13.0. The summed E-state index contributed by atoms with van der Waals surface area (Å²) in [5.74, 6) is -0.386. The summed E-state index contributed by atoms with van der Waals surface area (Å²) >= 11 is 12.5. The van der Waals surface area contributed by atoms with Gasteiger partial charge < -0.3 is 29.4 Å². The fourth-order valence-corrected chi connectivity index (χ4v) is 5.75. The number of hydrogen-bond acceptors (Lipinski definition) is 5. The highest BCUT2D eigenvalue weighted by Gasteiger charge is 2.42. The third-order valence-corrected chi connectivity index (χ3v) is 7.61. The molecule has 2 aromatic heterocycles. The number of pyridine rings is 1. The summed E-state index contributed by atoms with van der Waals surface area (Å²) in [5.41, 5.74) is 5.87. The van der Waals surface area contributed by atoms with Crippen LogP contribution in [-0.2, 0) is 4.74 Å². The van der Waals surface area contributed by atoms with E-state index in [9.17, 15) is 9.90 Å². The Bertz CT molecular complexity index is 1540. The van der Waals surface area contributed by atoms with E-state index in [0.29, 0.717) is 29.1 Å². The summed E-state index contributed by atoms with van der Waals surface area (Å²) in [4.78, 5) is 18.1. The summed E-state index contributed by atoms with van der Waals surface area (Å²) in [6.45, 7) is 4.94. The van der Waals surface area contributed by atoms with Crippen molar-refractivity contribution in [3.63, 3.8) is 0 Å². The van der Waals surface area contributed by atoms with E-state index in [1.54, 1.807) is 25.4 Å². The Hall–Kier alpha value is -3.92. The molecule has 0 spiro atoms. The normalized spacial score (nSPS) is 16.7. The van der Waals surface area contributed by atoms with E-state index in [0.717, 1.165) is 34.0 Å². The first-order chi connectivity index (χ1) is 19.3. The Morgan fingerprint density at radius 1 is 1.07 bits per heavy atom. The van der Waals surface area contributed by atoms with Crippen molar-refractivity contribution in [2.24, 2.45) is 0 Å². The Labute approximate surface area is 243 Å². The van der Waals surface area contributed by atoms with Crippen LogP contribution in [0.15, 0.2) is 72.9 Å². The fraction of sp³-hybridized carbons (Fsp3) is 0.233. The first kappa shape index (κ1) is 27.6. The molecular formula is C30H29ClN4O4S. The van der Waals surface area contributed by atoms with Crippen LogP contribution in [-0.4, -0.2) is 46.1 Å². The number of nitrogens with one attached hydrogen (secondary N) is 1. The maximum Gasteiger partial charge on any atom is 0.335 e. The van der Waals surface area contributed by atoms with Crippen molar-refractivity contribution >= 4 is 40.6 Å². The zero-order chi connectivity index (χ0) is 28.4. The van der Waals surface area contributed by atoms with Crippen LogP contribution in [0.25, 0.3) is 5.69 Å². The minimum absolute atomic E-state index is 0.228. The average molecular weight is 577 g/mol. The Kier molecular flexibility index (Phi) is 8.07. The molecule has 2 aromatic carbocycles. The first-order valence-electron chi connectivity index (χ1n) is 12.7. The topological polar surface area (TPSA) is 88.9 Å². The van der Waals surface area contributed by atoms with Gasteiger partial charge in [0.15, 0.2) is 5.11 Å². The minimum Gasteiger partial charge on any atom is -0.490 e. The Balaban J connectivity index is 1.59. The number of benzene rings is 2. The first-order valence-corrected chi connectivity index (χ1v) is 13.5. The predicted octanol–water partition coefficient (Wildman–Crippen LogP) is 6.04. The number of methoxy groups -OCH3 is 1. The highest BCUT2D eigenvalue weighted by atomic mass is 35.5. The lowest BCUT2D eigenvalue weighted by Gasteiger charge is -2.28. The van der Waals surface area contributed by atoms with E-state index >= 15 is 0 Å². The average Bonchev–Trinajstić information content (AvgIpc) is 3.44. The third kappa shape index (κ3) is 5.28. The van der Waals surface area contributed by atoms with E-state index in [1.807, 2.05) is 55.5 Å². The highest BCUT2D eigenvalue weighted by Crippen LogP contribution is 2.45. The molecule has 0 bridgehead atoms. The van der Waals surface area contributed by atoms with Crippen molar-refractivity contribution in [1.82, 2.24) is 14.9 Å². The van der Waals surface area contributed by atoms with Gasteiger partial charge in [-0.05, 0) is 92.3 Å². The van der Waals surface area contributed by atoms with Gasteiger partial charge in [0.2, 0.25) is 0 Å². The molecule has 2 N–H and O–H groups in total. The van der Waals surface area contributed by atoms with Gasteiger partial charge in [-0.1, -0.05) is 17.7 Å². The number of anilines is 1. The number of rotatable bonds is 9. The second-order valence-electron chi connectivity index (χ2n) is 9.47. The molecule has 0 saturated carbocycles. The molecule has 40 heavy (non-hydrogen) atoms. The van der Waals surface area contributed by atoms with Gasteiger partial charge >= 0.3 is 5.97 Å². The molecule has 3 heterocycles. The van der Waals surface area contributed by atoms with E-state index in [1.165, 1.54) is 0 Å². The van der Waals surface area contributed by atoms with Crippen LogP contribution in [0.5, 0.6) is 5.75 Å². The molecule has 2 atom stereocenters. The lowest BCUT2D eigenvalue weighted by molar-refractivity contribution is 0.0697. The predicted molar refractivity (Wildman–Crippen MR) is 159 cm³/mol. The van der Waals surface area contributed by atoms with Crippen LogP contribution < -0.4 is 15.0 Å². The molecular weight excluding hydrogens is 548 g/mol. The quantitative estimate of drug-likeness (QED) is 0.184. The number of aromatic carboxylic acids is 1. The maximum atomic E-state index is 11.4. The van der Waals surface area contributed by atoms with Gasteiger partial charge in [0.05, 0.1) is 35.0 Å². The summed E-state index contributed by atoms with van der Waals surface area (Å²) in [5, 5.41) is 13.9. The van der Waals surface area contributed by atoms with E-state index in [4.69, 9.17) is 33.3 Å². The molecule has 10 heteroatoms. The van der Waals surface area contributed by atoms with Gasteiger partial charge in [0.1, 0.15) is 12.4 Å². The Morgan fingerprint density at radius 3 is 2.48 bits per heavy atom.